The van der Waals surface area contributed by atoms with Crippen LogP contribution in [0.5, 0.6) is 0 Å². The summed E-state index contributed by atoms with van der Waals surface area (Å²) in [6.07, 6.45) is 1.52. The van der Waals surface area contributed by atoms with Crippen LogP contribution >= 0.6 is 0 Å². The number of rotatable bonds is 2. The second-order valence-electron chi connectivity index (χ2n) is 3.73. The van der Waals surface area contributed by atoms with Crippen molar-refractivity contribution in [3.63, 3.8) is 0 Å². The van der Waals surface area contributed by atoms with Crippen molar-refractivity contribution in [3.05, 3.63) is 47.7 Å². The highest BCUT2D eigenvalue weighted by Crippen LogP contribution is 2.27. The molecule has 0 atom stereocenters. The lowest BCUT2D eigenvalue weighted by Gasteiger charge is -2.08. The number of hydrogen-bond acceptors (Lipinski definition) is 2. The van der Waals surface area contributed by atoms with Gasteiger partial charge in [-0.25, -0.2) is 8.78 Å². The Morgan fingerprint density at radius 2 is 1.94 bits per heavy atom. The van der Waals surface area contributed by atoms with Crippen molar-refractivity contribution in [1.29, 1.82) is 0 Å². The van der Waals surface area contributed by atoms with E-state index < -0.39 is 11.6 Å². The number of aromatic nitrogens is 1. The molecule has 0 aliphatic rings. The molecule has 0 spiro atoms. The molecule has 2 nitrogen and oxygen atoms in total. The SMILES string of the molecule is CNc1ccnc(-c2c(F)ccc(C)c2F)c1. The molecule has 17 heavy (non-hydrogen) atoms. The number of anilines is 1. The summed E-state index contributed by atoms with van der Waals surface area (Å²) in [5.41, 5.74) is 1.37. The monoisotopic (exact) mass is 234 g/mol. The fraction of sp³-hybridized carbons (Fsp3) is 0.154. The number of pyridine rings is 1. The van der Waals surface area contributed by atoms with Crippen LogP contribution in [0.25, 0.3) is 11.3 Å². The zero-order chi connectivity index (χ0) is 12.4. The topological polar surface area (TPSA) is 24.9 Å². The van der Waals surface area contributed by atoms with Crippen molar-refractivity contribution < 1.29 is 8.78 Å². The standard InChI is InChI=1S/C13H12F2N2/c1-8-3-4-10(14)12(13(8)15)11-7-9(16-2)5-6-17-11/h3-7H,1-2H3,(H,16,17). The molecular formula is C13H12F2N2. The molecular weight excluding hydrogens is 222 g/mol. The van der Waals surface area contributed by atoms with E-state index in [1.807, 2.05) is 0 Å². The molecule has 88 valence electrons. The van der Waals surface area contributed by atoms with Crippen LogP contribution in [0.4, 0.5) is 14.5 Å². The predicted octanol–water partition coefficient (Wildman–Crippen LogP) is 3.38. The highest BCUT2D eigenvalue weighted by atomic mass is 19.1. The van der Waals surface area contributed by atoms with Gasteiger partial charge in [-0.3, -0.25) is 4.98 Å². The maximum absolute atomic E-state index is 13.9. The van der Waals surface area contributed by atoms with Gasteiger partial charge in [0.1, 0.15) is 11.6 Å². The third-order valence-corrected chi connectivity index (χ3v) is 2.59. The van der Waals surface area contributed by atoms with Gasteiger partial charge in [0.05, 0.1) is 11.3 Å². The van der Waals surface area contributed by atoms with Gasteiger partial charge >= 0.3 is 0 Å². The number of benzene rings is 1. The number of nitrogens with one attached hydrogen (secondary N) is 1. The Balaban J connectivity index is 2.63. The molecule has 0 radical (unpaired) electrons. The Morgan fingerprint density at radius 3 is 2.65 bits per heavy atom. The van der Waals surface area contributed by atoms with Crippen molar-refractivity contribution in [2.45, 2.75) is 6.92 Å². The van der Waals surface area contributed by atoms with Crippen molar-refractivity contribution >= 4 is 5.69 Å². The minimum atomic E-state index is -0.603. The maximum atomic E-state index is 13.9. The van der Waals surface area contributed by atoms with Crippen LogP contribution in [0.2, 0.25) is 0 Å². The van der Waals surface area contributed by atoms with Crippen LogP contribution < -0.4 is 5.32 Å². The van der Waals surface area contributed by atoms with Crippen LogP contribution in [-0.4, -0.2) is 12.0 Å². The van der Waals surface area contributed by atoms with E-state index in [0.29, 0.717) is 5.56 Å². The van der Waals surface area contributed by atoms with Gasteiger partial charge in [0.2, 0.25) is 0 Å². The Morgan fingerprint density at radius 1 is 1.18 bits per heavy atom. The first-order valence-electron chi connectivity index (χ1n) is 5.22. The van der Waals surface area contributed by atoms with Crippen LogP contribution in [0.3, 0.4) is 0 Å². The zero-order valence-electron chi connectivity index (χ0n) is 9.59. The zero-order valence-corrected chi connectivity index (χ0v) is 9.59. The van der Waals surface area contributed by atoms with Crippen LogP contribution in [-0.2, 0) is 0 Å². The van der Waals surface area contributed by atoms with Crippen molar-refractivity contribution in [1.82, 2.24) is 4.98 Å². The normalized spacial score (nSPS) is 10.4. The van der Waals surface area contributed by atoms with Crippen molar-refractivity contribution in [3.8, 4) is 11.3 Å². The number of nitrogens with zero attached hydrogens (tertiary/aromatic N) is 1. The molecule has 1 N–H and O–H groups in total. The molecule has 0 saturated carbocycles. The van der Waals surface area contributed by atoms with Crippen molar-refractivity contribution in [2.24, 2.45) is 0 Å². The summed E-state index contributed by atoms with van der Waals surface area (Å²) in [6, 6.07) is 6.01. The average Bonchev–Trinajstić information content (AvgIpc) is 2.35. The van der Waals surface area contributed by atoms with Gasteiger partial charge in [-0.1, -0.05) is 6.07 Å². The van der Waals surface area contributed by atoms with Gasteiger partial charge in [-0.2, -0.15) is 0 Å². The van der Waals surface area contributed by atoms with Gasteiger partial charge in [0, 0.05) is 18.9 Å². The maximum Gasteiger partial charge on any atom is 0.138 e. The summed E-state index contributed by atoms with van der Waals surface area (Å²) in [4.78, 5) is 4.00. The lowest BCUT2D eigenvalue weighted by Crippen LogP contribution is -1.96. The molecule has 0 saturated heterocycles. The van der Waals surface area contributed by atoms with E-state index in [0.717, 1.165) is 5.69 Å². The Bertz CT molecular complexity index is 553. The Kier molecular flexibility index (Phi) is 3.04. The summed E-state index contributed by atoms with van der Waals surface area (Å²) in [6.45, 7) is 1.60. The summed E-state index contributed by atoms with van der Waals surface area (Å²) in [7, 11) is 1.74. The van der Waals surface area contributed by atoms with Crippen molar-refractivity contribution in [2.75, 3.05) is 12.4 Å². The molecule has 1 aromatic heterocycles. The summed E-state index contributed by atoms with van der Waals surface area (Å²) >= 11 is 0. The molecule has 0 aliphatic heterocycles. The highest BCUT2D eigenvalue weighted by molar-refractivity contribution is 5.65. The molecule has 2 rings (SSSR count). The van der Waals surface area contributed by atoms with Gasteiger partial charge in [0.25, 0.3) is 0 Å². The highest BCUT2D eigenvalue weighted by Gasteiger charge is 2.14. The third-order valence-electron chi connectivity index (χ3n) is 2.59. The lowest BCUT2D eigenvalue weighted by atomic mass is 10.1. The average molecular weight is 234 g/mol. The molecule has 0 bridgehead atoms. The molecule has 4 heteroatoms. The van der Waals surface area contributed by atoms with Gasteiger partial charge in [0.15, 0.2) is 0 Å². The van der Waals surface area contributed by atoms with Gasteiger partial charge in [-0.05, 0) is 30.7 Å². The van der Waals surface area contributed by atoms with Gasteiger partial charge < -0.3 is 5.32 Å². The summed E-state index contributed by atoms with van der Waals surface area (Å²) < 4.78 is 27.5. The molecule has 0 aliphatic carbocycles. The molecule has 0 amide bonds. The fourth-order valence-electron chi connectivity index (χ4n) is 1.61. The third kappa shape index (κ3) is 2.11. The molecule has 1 heterocycles. The van der Waals surface area contributed by atoms with E-state index in [1.165, 1.54) is 18.3 Å². The minimum Gasteiger partial charge on any atom is -0.388 e. The molecule has 1 aromatic carbocycles. The van der Waals surface area contributed by atoms with Crippen LogP contribution in [0, 0.1) is 18.6 Å². The molecule has 0 unspecified atom stereocenters. The van der Waals surface area contributed by atoms with Crippen LogP contribution in [0.15, 0.2) is 30.5 Å². The number of halogens is 2. The van der Waals surface area contributed by atoms with E-state index in [2.05, 4.69) is 10.3 Å². The number of aryl methyl sites for hydroxylation is 1. The van der Waals surface area contributed by atoms with E-state index >= 15 is 0 Å². The molecule has 0 fully saturated rings. The van der Waals surface area contributed by atoms with E-state index in [1.54, 1.807) is 26.1 Å². The second kappa shape index (κ2) is 4.49. The quantitative estimate of drug-likeness (QED) is 0.861. The van der Waals surface area contributed by atoms with E-state index in [9.17, 15) is 8.78 Å². The van der Waals surface area contributed by atoms with E-state index in [-0.39, 0.29) is 11.3 Å². The number of hydrogen-bond donors (Lipinski definition) is 1. The van der Waals surface area contributed by atoms with Gasteiger partial charge in [-0.15, -0.1) is 0 Å². The fourth-order valence-corrected chi connectivity index (χ4v) is 1.61. The molecule has 2 aromatic rings. The Labute approximate surface area is 98.3 Å². The summed E-state index contributed by atoms with van der Waals surface area (Å²) in [5, 5.41) is 2.91. The first-order valence-corrected chi connectivity index (χ1v) is 5.22. The largest absolute Gasteiger partial charge is 0.388 e. The smallest absolute Gasteiger partial charge is 0.138 e. The summed E-state index contributed by atoms with van der Waals surface area (Å²) in [5.74, 6) is -1.17. The Hall–Kier alpha value is -1.97. The van der Waals surface area contributed by atoms with Crippen LogP contribution in [0.1, 0.15) is 5.56 Å². The van der Waals surface area contributed by atoms with E-state index in [4.69, 9.17) is 0 Å². The first kappa shape index (κ1) is 11.5. The lowest BCUT2D eigenvalue weighted by molar-refractivity contribution is 0.583. The predicted molar refractivity (Wildman–Crippen MR) is 63.9 cm³/mol. The first-order chi connectivity index (χ1) is 8.13. The minimum absolute atomic E-state index is 0.0814. The second-order valence-corrected chi connectivity index (χ2v) is 3.73.